The van der Waals surface area contributed by atoms with Crippen LogP contribution in [0.4, 0.5) is 5.69 Å². The van der Waals surface area contributed by atoms with Crippen LogP contribution in [0.1, 0.15) is 22.4 Å². The Balaban J connectivity index is 1.49. The number of carbonyl (C=O) groups is 4. The fraction of sp³-hybridized carbons (Fsp3) is 0.357. The summed E-state index contributed by atoms with van der Waals surface area (Å²) in [5, 5.41) is 52.4. The number of phenols is 1. The number of primary amides is 1. The van der Waals surface area contributed by atoms with Crippen LogP contribution in [0.3, 0.4) is 0 Å². The normalized spacial score (nSPS) is 25.6. The van der Waals surface area contributed by atoms with Crippen LogP contribution < -0.4 is 16.4 Å². The first-order valence-corrected chi connectivity index (χ1v) is 13.8. The minimum atomic E-state index is -2.71. The second-order valence-corrected chi connectivity index (χ2v) is 11.7. The molecule has 13 heteroatoms. The van der Waals surface area contributed by atoms with E-state index in [2.05, 4.69) is 10.6 Å². The Kier molecular flexibility index (Phi) is 7.24. The highest BCUT2D eigenvalue weighted by molar-refractivity contribution is 7.09. The smallest absolute Gasteiger partial charge is 0.255 e. The Morgan fingerprint density at radius 1 is 1.17 bits per heavy atom. The van der Waals surface area contributed by atoms with Crippen LogP contribution in [0.15, 0.2) is 46.6 Å². The standard InChI is InChI=1S/C28H30N4O8S/c1-32(2)21-15-9-13-8-12-5-6-16(31-17(33)11-30-10-14-4-3-7-41-14)22(34)18(12)23(35)19(13)25(37)28(15,40)26(38)20(24(21)36)27(29)39/h3-7,13,15,21,30,34-35,38,40H,8-11H2,1-2H3,(H2,29,39)(H,31,33)/t13?,15?,21-,28-/m0/s1. The molecule has 1 aromatic heterocycles. The summed E-state index contributed by atoms with van der Waals surface area (Å²) in [6, 6.07) is 5.78. The van der Waals surface area contributed by atoms with Gasteiger partial charge in [-0.2, -0.15) is 0 Å². The zero-order valence-electron chi connectivity index (χ0n) is 22.3. The van der Waals surface area contributed by atoms with Crippen molar-refractivity contribution in [1.82, 2.24) is 10.2 Å². The van der Waals surface area contributed by atoms with Crippen molar-refractivity contribution < 1.29 is 39.6 Å². The molecule has 0 aliphatic heterocycles. The van der Waals surface area contributed by atoms with E-state index in [1.54, 1.807) is 31.5 Å². The third kappa shape index (κ3) is 4.50. The number of aliphatic hydroxyl groups is 3. The van der Waals surface area contributed by atoms with Crippen molar-refractivity contribution in [2.24, 2.45) is 17.6 Å². The molecule has 1 heterocycles. The van der Waals surface area contributed by atoms with Crippen molar-refractivity contribution in [1.29, 1.82) is 0 Å². The van der Waals surface area contributed by atoms with Crippen LogP contribution >= 0.6 is 11.3 Å². The zero-order valence-corrected chi connectivity index (χ0v) is 23.1. The molecule has 8 N–H and O–H groups in total. The molecule has 0 spiro atoms. The van der Waals surface area contributed by atoms with Gasteiger partial charge in [0.15, 0.2) is 11.4 Å². The average Bonchev–Trinajstić information content (AvgIpc) is 3.41. The highest BCUT2D eigenvalue weighted by atomic mass is 32.1. The maximum absolute atomic E-state index is 13.9. The summed E-state index contributed by atoms with van der Waals surface area (Å²) in [5.41, 5.74) is 1.91. The molecular weight excluding hydrogens is 552 g/mol. The van der Waals surface area contributed by atoms with Crippen molar-refractivity contribution in [3.63, 3.8) is 0 Å². The van der Waals surface area contributed by atoms with Crippen LogP contribution in [0.5, 0.6) is 5.75 Å². The molecule has 216 valence electrons. The highest BCUT2D eigenvalue weighted by Gasteiger charge is 2.64. The van der Waals surface area contributed by atoms with Crippen LogP contribution in [0.2, 0.25) is 0 Å². The summed E-state index contributed by atoms with van der Waals surface area (Å²) >= 11 is 1.54. The maximum atomic E-state index is 13.9. The predicted octanol–water partition coefficient (Wildman–Crippen LogP) is 0.754. The van der Waals surface area contributed by atoms with E-state index in [1.165, 1.54) is 11.0 Å². The molecule has 0 saturated heterocycles. The molecule has 0 bridgehead atoms. The average molecular weight is 583 g/mol. The van der Waals surface area contributed by atoms with Gasteiger partial charge in [0, 0.05) is 22.9 Å². The summed E-state index contributed by atoms with van der Waals surface area (Å²) in [7, 11) is 3.08. The summed E-state index contributed by atoms with van der Waals surface area (Å²) in [5.74, 6) is -7.69. The Hall–Kier alpha value is -4.04. The topological polar surface area (TPSA) is 203 Å². The number of fused-ring (bicyclic) bond motifs is 3. The first kappa shape index (κ1) is 28.5. The summed E-state index contributed by atoms with van der Waals surface area (Å²) < 4.78 is 0. The van der Waals surface area contributed by atoms with Crippen molar-refractivity contribution in [2.45, 2.75) is 31.0 Å². The Morgan fingerprint density at radius 2 is 1.90 bits per heavy atom. The second-order valence-electron chi connectivity index (χ2n) is 10.7. The Morgan fingerprint density at radius 3 is 2.54 bits per heavy atom. The van der Waals surface area contributed by atoms with E-state index in [1.807, 2.05) is 17.5 Å². The third-order valence-corrected chi connectivity index (χ3v) is 8.91. The fourth-order valence-corrected chi connectivity index (χ4v) is 6.90. The number of nitrogens with one attached hydrogen (secondary N) is 2. The number of aliphatic hydroxyl groups excluding tert-OH is 2. The molecule has 41 heavy (non-hydrogen) atoms. The van der Waals surface area contributed by atoms with Crippen LogP contribution in [0.25, 0.3) is 5.76 Å². The highest BCUT2D eigenvalue weighted by Crippen LogP contribution is 2.53. The lowest BCUT2D eigenvalue weighted by Gasteiger charge is -2.50. The molecular formula is C28H30N4O8S. The molecule has 1 fully saturated rings. The van der Waals surface area contributed by atoms with Crippen molar-refractivity contribution in [3.05, 3.63) is 62.6 Å². The summed E-state index contributed by atoms with van der Waals surface area (Å²) in [6.45, 7) is 0.441. The van der Waals surface area contributed by atoms with E-state index in [0.29, 0.717) is 12.1 Å². The number of rotatable bonds is 7. The maximum Gasteiger partial charge on any atom is 0.255 e. The second kappa shape index (κ2) is 10.4. The monoisotopic (exact) mass is 582 g/mol. The van der Waals surface area contributed by atoms with E-state index in [9.17, 15) is 39.6 Å². The van der Waals surface area contributed by atoms with Crippen molar-refractivity contribution >= 4 is 46.2 Å². The number of nitrogens with zero attached hydrogens (tertiary/aromatic N) is 1. The number of Topliss-reactive ketones (excluding diaryl/α,β-unsaturated/α-hetero) is 2. The van der Waals surface area contributed by atoms with Gasteiger partial charge in [0.05, 0.1) is 23.8 Å². The van der Waals surface area contributed by atoms with Gasteiger partial charge in [-0.15, -0.1) is 11.3 Å². The number of aromatic hydroxyl groups is 1. The molecule has 3 aliphatic rings. The molecule has 2 amide bonds. The number of anilines is 1. The van der Waals surface area contributed by atoms with E-state index in [4.69, 9.17) is 5.73 Å². The Bertz CT molecular complexity index is 1530. The van der Waals surface area contributed by atoms with Crippen LogP contribution in [-0.4, -0.2) is 81.0 Å². The van der Waals surface area contributed by atoms with E-state index in [-0.39, 0.29) is 36.2 Å². The minimum absolute atomic E-state index is 0.000913. The molecule has 4 atom stereocenters. The van der Waals surface area contributed by atoms with Gasteiger partial charge in [-0.1, -0.05) is 12.1 Å². The molecule has 1 saturated carbocycles. The summed E-state index contributed by atoms with van der Waals surface area (Å²) in [6.07, 6.45) is 0.166. The van der Waals surface area contributed by atoms with Crippen molar-refractivity contribution in [2.75, 3.05) is 26.0 Å². The lowest BCUT2D eigenvalue weighted by molar-refractivity contribution is -0.153. The largest absolute Gasteiger partial charge is 0.508 e. The minimum Gasteiger partial charge on any atom is -0.508 e. The lowest BCUT2D eigenvalue weighted by atomic mass is 9.57. The molecule has 0 radical (unpaired) electrons. The molecule has 12 nitrogen and oxygen atoms in total. The number of likely N-dealkylation sites (N-methyl/N-ethyl adjacent to an activating group) is 1. The molecule has 2 unspecified atom stereocenters. The number of thiophene rings is 1. The lowest BCUT2D eigenvalue weighted by Crippen LogP contribution is -2.65. The number of nitrogens with two attached hydrogens (primary N) is 1. The van der Waals surface area contributed by atoms with E-state index >= 15 is 0 Å². The van der Waals surface area contributed by atoms with Gasteiger partial charge < -0.3 is 36.8 Å². The van der Waals surface area contributed by atoms with Crippen molar-refractivity contribution in [3.8, 4) is 5.75 Å². The number of amides is 2. The third-order valence-electron chi connectivity index (χ3n) is 8.03. The molecule has 5 rings (SSSR count). The van der Waals surface area contributed by atoms with Gasteiger partial charge in [-0.25, -0.2) is 0 Å². The first-order chi connectivity index (χ1) is 19.4. The zero-order chi connectivity index (χ0) is 29.8. The summed E-state index contributed by atoms with van der Waals surface area (Å²) in [4.78, 5) is 54.1. The number of benzene rings is 1. The number of hydrogen-bond acceptors (Lipinski definition) is 11. The van der Waals surface area contributed by atoms with E-state index < -0.39 is 69.7 Å². The van der Waals surface area contributed by atoms with Gasteiger partial charge in [-0.3, -0.25) is 24.1 Å². The quantitative estimate of drug-likeness (QED) is 0.180. The van der Waals surface area contributed by atoms with Crippen LogP contribution in [0, 0.1) is 11.8 Å². The first-order valence-electron chi connectivity index (χ1n) is 12.9. The number of phenolic OH excluding ortho intramolecular Hbond substituents is 1. The molecule has 2 aromatic rings. The number of ketones is 2. The van der Waals surface area contributed by atoms with E-state index in [0.717, 1.165) is 4.88 Å². The van der Waals surface area contributed by atoms with Gasteiger partial charge >= 0.3 is 0 Å². The van der Waals surface area contributed by atoms with Gasteiger partial charge in [0.25, 0.3) is 5.91 Å². The SMILES string of the molecule is CN(C)[C@@H]1C(=O)C(C(N)=O)=C(O)[C@@]2(O)C(=O)C3=C(O)c4c(ccc(NC(=O)CNCc5cccs5)c4O)CC3CC12. The number of hydrogen-bond donors (Lipinski definition) is 7. The van der Waals surface area contributed by atoms with Crippen LogP contribution in [-0.2, 0) is 32.1 Å². The van der Waals surface area contributed by atoms with Gasteiger partial charge in [-0.05, 0) is 55.9 Å². The Labute approximate surface area is 238 Å². The van der Waals surface area contributed by atoms with Gasteiger partial charge in [0.1, 0.15) is 22.8 Å². The number of carbonyl (C=O) groups excluding carboxylic acids is 4. The van der Waals surface area contributed by atoms with Gasteiger partial charge in [0.2, 0.25) is 11.7 Å². The molecule has 3 aliphatic carbocycles. The fourth-order valence-electron chi connectivity index (χ4n) is 6.23. The predicted molar refractivity (Wildman–Crippen MR) is 149 cm³/mol. The molecule has 1 aromatic carbocycles.